The smallest absolute Gasteiger partial charge is 0.257 e. The van der Waals surface area contributed by atoms with Gasteiger partial charge in [0.2, 0.25) is 0 Å². The zero-order valence-corrected chi connectivity index (χ0v) is 20.3. The lowest BCUT2D eigenvalue weighted by molar-refractivity contribution is 0.0936. The molecule has 35 heavy (non-hydrogen) atoms. The summed E-state index contributed by atoms with van der Waals surface area (Å²) in [5.74, 6) is -0.918. The number of fused-ring (bicyclic) bond motifs is 1. The zero-order chi connectivity index (χ0) is 24.5. The minimum atomic E-state index is -1.55. The molecule has 2 aliphatic rings. The van der Waals surface area contributed by atoms with Gasteiger partial charge < -0.3 is 10.1 Å². The van der Waals surface area contributed by atoms with Gasteiger partial charge in [-0.1, -0.05) is 41.4 Å². The van der Waals surface area contributed by atoms with E-state index in [2.05, 4.69) is 15.5 Å². The number of aromatic nitrogens is 2. The molecule has 1 amide bonds. The van der Waals surface area contributed by atoms with Crippen molar-refractivity contribution in [3.63, 3.8) is 0 Å². The molecule has 0 aliphatic heterocycles. The van der Waals surface area contributed by atoms with Crippen molar-refractivity contribution in [2.24, 2.45) is 0 Å². The molecule has 1 unspecified atom stereocenters. The monoisotopic (exact) mass is 517 g/mol. The molecule has 5 rings (SSSR count). The quantitative estimate of drug-likeness (QED) is 0.369. The van der Waals surface area contributed by atoms with Gasteiger partial charge in [0.05, 0.1) is 12.2 Å². The van der Waals surface area contributed by atoms with Gasteiger partial charge in [0.25, 0.3) is 11.8 Å². The SMILES string of the molecule is O=C(NCC(F)c1ccc(Cl)cc1Cl)c1c(Oc2cccc(C3CC3)c2F)nnc2c1CCCC2. The second-order valence-electron chi connectivity index (χ2n) is 8.89. The largest absolute Gasteiger partial charge is 0.434 e. The number of nitrogens with one attached hydrogen (secondary N) is 1. The van der Waals surface area contributed by atoms with Crippen LogP contribution in [0.25, 0.3) is 0 Å². The number of nitrogens with zero attached hydrogens (tertiary/aromatic N) is 2. The maximum absolute atomic E-state index is 15.1. The number of hydrogen-bond acceptors (Lipinski definition) is 4. The Morgan fingerprint density at radius 3 is 2.71 bits per heavy atom. The molecule has 1 saturated carbocycles. The summed E-state index contributed by atoms with van der Waals surface area (Å²) in [6, 6.07) is 9.45. The van der Waals surface area contributed by atoms with Gasteiger partial charge in [-0.15, -0.1) is 5.10 Å². The van der Waals surface area contributed by atoms with Gasteiger partial charge in [-0.25, -0.2) is 8.78 Å². The third kappa shape index (κ3) is 5.11. The van der Waals surface area contributed by atoms with Gasteiger partial charge in [-0.05, 0) is 73.8 Å². The van der Waals surface area contributed by atoms with Crippen LogP contribution < -0.4 is 10.1 Å². The Morgan fingerprint density at radius 1 is 1.14 bits per heavy atom. The molecule has 1 heterocycles. The standard InChI is InChI=1S/C26H23Cl2F2N3O2/c27-15-10-11-17(19(28)12-15)20(29)13-31-25(34)23-18-4-1-2-6-21(18)32-33-26(23)35-22-7-3-5-16(24(22)30)14-8-9-14/h3,5,7,10-12,14,20H,1-2,4,6,8-9,13H2,(H,31,34). The molecular weight excluding hydrogens is 495 g/mol. The van der Waals surface area contributed by atoms with E-state index in [0.29, 0.717) is 34.7 Å². The first kappa shape index (κ1) is 23.9. The van der Waals surface area contributed by atoms with Crippen LogP contribution in [0.5, 0.6) is 11.6 Å². The molecule has 1 N–H and O–H groups in total. The summed E-state index contributed by atoms with van der Waals surface area (Å²) in [6.07, 6.45) is 3.42. The summed E-state index contributed by atoms with van der Waals surface area (Å²) >= 11 is 12.0. The Morgan fingerprint density at radius 2 is 1.94 bits per heavy atom. The molecule has 1 atom stereocenters. The number of amides is 1. The van der Waals surface area contributed by atoms with Crippen molar-refractivity contribution in [3.05, 3.63) is 80.2 Å². The van der Waals surface area contributed by atoms with E-state index in [1.807, 2.05) is 0 Å². The average Bonchev–Trinajstić information content (AvgIpc) is 3.69. The summed E-state index contributed by atoms with van der Waals surface area (Å²) in [6.45, 7) is -0.317. The Balaban J connectivity index is 1.42. The highest BCUT2D eigenvalue weighted by Crippen LogP contribution is 2.43. The van der Waals surface area contributed by atoms with Gasteiger partial charge in [-0.2, -0.15) is 5.10 Å². The fraction of sp³-hybridized carbons (Fsp3) is 0.346. The van der Waals surface area contributed by atoms with E-state index < -0.39 is 17.9 Å². The Hall–Kier alpha value is -2.77. The van der Waals surface area contributed by atoms with Crippen LogP contribution in [0.15, 0.2) is 36.4 Å². The highest BCUT2D eigenvalue weighted by atomic mass is 35.5. The number of alkyl halides is 1. The van der Waals surface area contributed by atoms with Crippen molar-refractivity contribution >= 4 is 29.1 Å². The lowest BCUT2D eigenvalue weighted by Gasteiger charge is -2.20. The molecule has 0 bridgehead atoms. The molecule has 5 nitrogen and oxygen atoms in total. The van der Waals surface area contributed by atoms with Gasteiger partial charge in [0, 0.05) is 15.6 Å². The molecule has 0 radical (unpaired) electrons. The van der Waals surface area contributed by atoms with Gasteiger partial charge >= 0.3 is 0 Å². The number of ether oxygens (including phenoxy) is 1. The molecule has 0 spiro atoms. The molecule has 0 saturated heterocycles. The van der Waals surface area contributed by atoms with Crippen LogP contribution in [0.4, 0.5) is 8.78 Å². The molecule has 182 valence electrons. The molecule has 1 fully saturated rings. The average molecular weight is 518 g/mol. The Bertz CT molecular complexity index is 1280. The Kier molecular flexibility index (Phi) is 6.89. The van der Waals surface area contributed by atoms with Gasteiger partial charge in [0.1, 0.15) is 11.7 Å². The number of hydrogen-bond donors (Lipinski definition) is 1. The minimum absolute atomic E-state index is 0.00942. The van der Waals surface area contributed by atoms with Crippen LogP contribution in [-0.2, 0) is 12.8 Å². The maximum atomic E-state index is 15.1. The van der Waals surface area contributed by atoms with Crippen LogP contribution in [0, 0.1) is 5.82 Å². The summed E-state index contributed by atoms with van der Waals surface area (Å²) in [5, 5.41) is 11.6. The normalized spacial score (nSPS) is 15.9. The van der Waals surface area contributed by atoms with E-state index >= 15 is 4.39 Å². The van der Waals surface area contributed by atoms with Crippen LogP contribution in [-0.4, -0.2) is 22.6 Å². The van der Waals surface area contributed by atoms with Crippen molar-refractivity contribution in [3.8, 4) is 11.6 Å². The number of rotatable bonds is 7. The van der Waals surface area contributed by atoms with Crippen LogP contribution >= 0.6 is 23.2 Å². The van der Waals surface area contributed by atoms with E-state index in [1.54, 1.807) is 12.1 Å². The van der Waals surface area contributed by atoms with Crippen molar-refractivity contribution in [2.45, 2.75) is 50.6 Å². The molecular formula is C26H23Cl2F2N3O2. The van der Waals surface area contributed by atoms with Crippen LogP contribution in [0.1, 0.15) is 70.5 Å². The first-order chi connectivity index (χ1) is 16.9. The third-order valence-electron chi connectivity index (χ3n) is 6.40. The first-order valence-electron chi connectivity index (χ1n) is 11.6. The van der Waals surface area contributed by atoms with Crippen molar-refractivity contribution in [1.29, 1.82) is 0 Å². The Labute approximate surface area is 211 Å². The van der Waals surface area contributed by atoms with E-state index in [0.717, 1.165) is 25.7 Å². The molecule has 9 heteroatoms. The summed E-state index contributed by atoms with van der Waals surface area (Å²) in [4.78, 5) is 13.3. The predicted molar refractivity (Wildman–Crippen MR) is 130 cm³/mol. The van der Waals surface area contributed by atoms with Crippen molar-refractivity contribution in [1.82, 2.24) is 15.5 Å². The van der Waals surface area contributed by atoms with E-state index in [4.69, 9.17) is 27.9 Å². The fourth-order valence-corrected chi connectivity index (χ4v) is 4.94. The second kappa shape index (κ2) is 10.1. The fourth-order valence-electron chi connectivity index (χ4n) is 4.42. The van der Waals surface area contributed by atoms with E-state index in [9.17, 15) is 9.18 Å². The molecule has 1 aromatic heterocycles. The zero-order valence-electron chi connectivity index (χ0n) is 18.8. The third-order valence-corrected chi connectivity index (χ3v) is 6.96. The predicted octanol–water partition coefficient (Wildman–Crippen LogP) is 6.91. The highest BCUT2D eigenvalue weighted by Gasteiger charge is 2.30. The lowest BCUT2D eigenvalue weighted by atomic mass is 9.92. The number of carbonyl (C=O) groups is 1. The number of benzene rings is 2. The number of carbonyl (C=O) groups excluding carboxylic acids is 1. The molecule has 2 aliphatic carbocycles. The van der Waals surface area contributed by atoms with E-state index in [1.165, 1.54) is 24.3 Å². The topological polar surface area (TPSA) is 64.1 Å². The van der Waals surface area contributed by atoms with Crippen LogP contribution in [0.2, 0.25) is 10.0 Å². The van der Waals surface area contributed by atoms with Crippen LogP contribution in [0.3, 0.4) is 0 Å². The maximum Gasteiger partial charge on any atom is 0.257 e. The highest BCUT2D eigenvalue weighted by molar-refractivity contribution is 6.35. The lowest BCUT2D eigenvalue weighted by Crippen LogP contribution is -2.30. The van der Waals surface area contributed by atoms with Gasteiger partial charge in [-0.3, -0.25) is 4.79 Å². The summed E-state index contributed by atoms with van der Waals surface area (Å²) < 4.78 is 35.8. The summed E-state index contributed by atoms with van der Waals surface area (Å²) in [7, 11) is 0. The number of aryl methyl sites for hydroxylation is 1. The van der Waals surface area contributed by atoms with E-state index in [-0.39, 0.29) is 40.2 Å². The van der Waals surface area contributed by atoms with Gasteiger partial charge in [0.15, 0.2) is 11.6 Å². The minimum Gasteiger partial charge on any atom is -0.434 e. The summed E-state index contributed by atoms with van der Waals surface area (Å²) in [5.41, 5.74) is 2.40. The molecule has 2 aromatic carbocycles. The van der Waals surface area contributed by atoms with Crippen molar-refractivity contribution in [2.75, 3.05) is 6.54 Å². The first-order valence-corrected chi connectivity index (χ1v) is 12.4. The molecule has 3 aromatic rings. The second-order valence-corrected chi connectivity index (χ2v) is 9.74. The van der Waals surface area contributed by atoms with Crippen molar-refractivity contribution < 1.29 is 18.3 Å². The number of halogens is 4.